The number of rotatable bonds is 6. The molecule has 3 saturated heterocycles. The molecule has 3 fully saturated rings. The van der Waals surface area contributed by atoms with Gasteiger partial charge in [-0.1, -0.05) is 11.6 Å². The molecule has 2 bridgehead atoms. The molecular weight excluding hydrogens is 528 g/mol. The van der Waals surface area contributed by atoms with E-state index >= 15 is 0 Å². The number of likely N-dealkylation sites (N-methyl/N-ethyl adjacent to an activating group) is 1. The molecule has 2 unspecified atom stereocenters. The second-order valence-corrected chi connectivity index (χ2v) is 11.4. The number of fused-ring (bicyclic) bond motifs is 3. The minimum atomic E-state index is 0.0865. The molecule has 1 aromatic carbocycles. The van der Waals surface area contributed by atoms with Gasteiger partial charge in [-0.25, -0.2) is 4.52 Å². The Morgan fingerprint density at radius 2 is 1.80 bits per heavy atom. The van der Waals surface area contributed by atoms with Crippen LogP contribution in [-0.2, 0) is 11.3 Å². The van der Waals surface area contributed by atoms with E-state index in [4.69, 9.17) is 16.6 Å². The third-order valence-corrected chi connectivity index (χ3v) is 8.58. The zero-order valence-electron chi connectivity index (χ0n) is 22.5. The molecule has 208 valence electrons. The van der Waals surface area contributed by atoms with Crippen LogP contribution < -0.4 is 15.1 Å². The van der Waals surface area contributed by atoms with E-state index in [0.717, 1.165) is 61.3 Å². The van der Waals surface area contributed by atoms with E-state index in [1.807, 2.05) is 40.0 Å². The van der Waals surface area contributed by atoms with Crippen LogP contribution in [0.5, 0.6) is 0 Å². The number of pyridine rings is 1. The number of carbonyl (C=O) groups is 1. The molecule has 3 aliphatic heterocycles. The lowest BCUT2D eigenvalue weighted by atomic mass is 10.1. The number of hydrogen-bond acceptors (Lipinski definition) is 8. The lowest BCUT2D eigenvalue weighted by Crippen LogP contribution is -2.54. The molecule has 0 radical (unpaired) electrons. The largest absolute Gasteiger partial charge is 0.364 e. The Kier molecular flexibility index (Phi) is 6.47. The molecule has 1 amide bonds. The minimum absolute atomic E-state index is 0.0865. The van der Waals surface area contributed by atoms with Crippen molar-refractivity contribution >= 4 is 46.2 Å². The number of hydrogen-bond donors (Lipinski definition) is 1. The topological polar surface area (TPSA) is 90.1 Å². The van der Waals surface area contributed by atoms with E-state index in [1.54, 1.807) is 10.9 Å². The van der Waals surface area contributed by atoms with Crippen LogP contribution in [0.4, 0.5) is 23.0 Å². The molecule has 0 spiro atoms. The molecule has 7 rings (SSSR count). The van der Waals surface area contributed by atoms with Gasteiger partial charge in [-0.05, 0) is 56.3 Å². The monoisotopic (exact) mass is 560 g/mol. The van der Waals surface area contributed by atoms with Crippen molar-refractivity contribution in [3.63, 3.8) is 0 Å². The summed E-state index contributed by atoms with van der Waals surface area (Å²) in [6, 6.07) is 13.3. The first kappa shape index (κ1) is 25.2. The summed E-state index contributed by atoms with van der Waals surface area (Å²) >= 11 is 6.14. The third-order valence-electron chi connectivity index (χ3n) is 8.33. The molecule has 11 nitrogen and oxygen atoms in total. The maximum Gasteiger partial charge on any atom is 0.247 e. The minimum Gasteiger partial charge on any atom is -0.364 e. The van der Waals surface area contributed by atoms with Crippen molar-refractivity contribution in [2.24, 2.45) is 0 Å². The first-order valence-corrected chi connectivity index (χ1v) is 14.3. The van der Waals surface area contributed by atoms with Gasteiger partial charge in [0.1, 0.15) is 6.54 Å². The van der Waals surface area contributed by atoms with Crippen molar-refractivity contribution in [1.29, 1.82) is 0 Å². The highest BCUT2D eigenvalue weighted by Crippen LogP contribution is 2.37. The van der Waals surface area contributed by atoms with E-state index in [0.29, 0.717) is 18.0 Å². The van der Waals surface area contributed by atoms with Gasteiger partial charge in [0.2, 0.25) is 11.9 Å². The molecule has 0 saturated carbocycles. The summed E-state index contributed by atoms with van der Waals surface area (Å²) in [6.07, 6.45) is 7.81. The van der Waals surface area contributed by atoms with Crippen molar-refractivity contribution in [3.05, 3.63) is 60.0 Å². The Bertz CT molecular complexity index is 1500. The van der Waals surface area contributed by atoms with E-state index < -0.39 is 0 Å². The lowest BCUT2D eigenvalue weighted by Gasteiger charge is -2.43. The van der Waals surface area contributed by atoms with Gasteiger partial charge >= 0.3 is 0 Å². The van der Waals surface area contributed by atoms with E-state index in [9.17, 15) is 4.79 Å². The van der Waals surface area contributed by atoms with Crippen molar-refractivity contribution in [2.75, 3.05) is 61.4 Å². The van der Waals surface area contributed by atoms with Crippen molar-refractivity contribution < 1.29 is 4.79 Å². The molecule has 3 aliphatic rings. The Morgan fingerprint density at radius 3 is 2.55 bits per heavy atom. The van der Waals surface area contributed by atoms with E-state index in [-0.39, 0.29) is 12.5 Å². The van der Waals surface area contributed by atoms with Gasteiger partial charge in [-0.3, -0.25) is 9.48 Å². The summed E-state index contributed by atoms with van der Waals surface area (Å²) < 4.78 is 3.49. The second kappa shape index (κ2) is 10.3. The number of amides is 1. The number of anilines is 4. The van der Waals surface area contributed by atoms with Crippen LogP contribution >= 0.6 is 11.6 Å². The van der Waals surface area contributed by atoms with Gasteiger partial charge in [0, 0.05) is 74.5 Å². The number of nitrogens with one attached hydrogen (secondary N) is 1. The number of aromatic nitrogens is 5. The van der Waals surface area contributed by atoms with Gasteiger partial charge in [-0.2, -0.15) is 10.1 Å². The summed E-state index contributed by atoms with van der Waals surface area (Å²) in [6.45, 7) is 5.40. The van der Waals surface area contributed by atoms with Crippen molar-refractivity contribution in [2.45, 2.75) is 31.5 Å². The predicted octanol–water partition coefficient (Wildman–Crippen LogP) is 2.95. The summed E-state index contributed by atoms with van der Waals surface area (Å²) in [4.78, 5) is 26.7. The smallest absolute Gasteiger partial charge is 0.247 e. The highest BCUT2D eigenvalue weighted by Gasteiger charge is 2.40. The van der Waals surface area contributed by atoms with Crippen molar-refractivity contribution in [1.82, 2.24) is 34.2 Å². The predicted molar refractivity (Wildman–Crippen MR) is 156 cm³/mol. The fourth-order valence-corrected chi connectivity index (χ4v) is 6.39. The highest BCUT2D eigenvalue weighted by atomic mass is 35.5. The molecule has 40 heavy (non-hydrogen) atoms. The average Bonchev–Trinajstić information content (AvgIpc) is 3.64. The zero-order chi connectivity index (χ0) is 27.2. The summed E-state index contributed by atoms with van der Waals surface area (Å²) in [7, 11) is 2.08. The van der Waals surface area contributed by atoms with Crippen LogP contribution in [0.15, 0.2) is 55.0 Å². The Morgan fingerprint density at radius 1 is 1.05 bits per heavy atom. The number of carbonyl (C=O) groups excluding carboxylic acids is 1. The zero-order valence-corrected chi connectivity index (χ0v) is 23.3. The Balaban J connectivity index is 1.04. The van der Waals surface area contributed by atoms with Crippen LogP contribution in [0.1, 0.15) is 12.8 Å². The maximum atomic E-state index is 12.7. The van der Waals surface area contributed by atoms with Gasteiger partial charge < -0.3 is 24.9 Å². The highest BCUT2D eigenvalue weighted by molar-refractivity contribution is 6.30. The van der Waals surface area contributed by atoms with Crippen molar-refractivity contribution in [3.8, 4) is 0 Å². The summed E-state index contributed by atoms with van der Waals surface area (Å²) in [5.74, 6) is 0.587. The average molecular weight is 561 g/mol. The molecule has 1 N–H and O–H groups in total. The number of halogens is 1. The normalized spacial score (nSPS) is 21.4. The fraction of sp³-hybridized carbons (Fsp3) is 0.429. The Hall–Kier alpha value is -3.83. The quantitative estimate of drug-likeness (QED) is 0.385. The number of nitrogens with zero attached hydrogens (tertiary/aromatic N) is 9. The SMILES string of the molecule is CN1CCN(C(=O)Cn2cc(Nc3nc4c(N5CC6CCC(C5)N6c5ccc(Cl)cc5)cccn4n3)cn2)CC1. The second-order valence-electron chi connectivity index (χ2n) is 11.0. The number of piperazine rings is 2. The van der Waals surface area contributed by atoms with Gasteiger partial charge in [-0.15, -0.1) is 5.10 Å². The maximum absolute atomic E-state index is 12.7. The first-order valence-electron chi connectivity index (χ1n) is 13.9. The fourth-order valence-electron chi connectivity index (χ4n) is 6.26. The molecule has 4 aromatic rings. The third kappa shape index (κ3) is 4.84. The molecule has 6 heterocycles. The first-order chi connectivity index (χ1) is 19.5. The number of benzene rings is 1. The lowest BCUT2D eigenvalue weighted by molar-refractivity contribution is -0.133. The van der Waals surface area contributed by atoms with Crippen LogP contribution in [-0.4, -0.2) is 98.5 Å². The van der Waals surface area contributed by atoms with Crippen LogP contribution in [0.25, 0.3) is 5.65 Å². The molecule has 2 atom stereocenters. The summed E-state index contributed by atoms with van der Waals surface area (Å²) in [5, 5.41) is 13.1. The molecule has 12 heteroatoms. The van der Waals surface area contributed by atoms with E-state index in [2.05, 4.69) is 55.5 Å². The van der Waals surface area contributed by atoms with Gasteiger partial charge in [0.25, 0.3) is 0 Å². The van der Waals surface area contributed by atoms with E-state index in [1.165, 1.54) is 18.5 Å². The summed E-state index contributed by atoms with van der Waals surface area (Å²) in [5.41, 5.74) is 3.90. The molecule has 3 aromatic heterocycles. The van der Waals surface area contributed by atoms with Crippen LogP contribution in [0, 0.1) is 0 Å². The Labute approximate surface area is 237 Å². The standard InChI is InChI=1S/C28H33ClN10O/c1-34-11-13-35(14-12-34)26(40)19-37-16-21(15-30-37)31-28-32-27-25(3-2-10-38(27)33-28)36-17-23-8-9-24(18-36)39(23)22-6-4-20(29)5-7-22/h2-7,10,15-16,23-24H,8-9,11-14,17-19H2,1H3,(H,31,33). The molecular formula is C28H33ClN10O. The van der Waals surface area contributed by atoms with Gasteiger partial charge in [0.15, 0.2) is 5.65 Å². The molecule has 0 aliphatic carbocycles. The van der Waals surface area contributed by atoms with Gasteiger partial charge in [0.05, 0.1) is 17.6 Å². The van der Waals surface area contributed by atoms with Crippen LogP contribution in [0.2, 0.25) is 5.02 Å². The van der Waals surface area contributed by atoms with Crippen LogP contribution in [0.3, 0.4) is 0 Å².